The molecule has 0 spiro atoms. The topological polar surface area (TPSA) is 197 Å². The van der Waals surface area contributed by atoms with Gasteiger partial charge in [0.25, 0.3) is 5.91 Å². The molecule has 4 amide bonds. The summed E-state index contributed by atoms with van der Waals surface area (Å²) in [6.45, 7) is 14.1. The number of aliphatic imine (C=N–C) groups is 1. The number of ketones is 2. The molecule has 4 saturated heterocycles. The highest BCUT2D eigenvalue weighted by molar-refractivity contribution is 6.02. The number of urea groups is 1. The van der Waals surface area contributed by atoms with E-state index >= 15 is 0 Å². The van der Waals surface area contributed by atoms with Crippen LogP contribution in [0.3, 0.4) is 0 Å². The molecule has 0 saturated carbocycles. The Kier molecular flexibility index (Phi) is 13.9. The number of fused-ring (bicyclic) bond motifs is 2. The van der Waals surface area contributed by atoms with Gasteiger partial charge in [-0.05, 0) is 67.5 Å². The SMILES string of the molecule is CC[C@H]1OC(=O)[C@H](C)C(=O)[C@H](C)[C@@H](O[C@@H]2O[C@H](C)C[C@H](N(C)C)[C@H]2O)[C@](C)(OC)C[C@@H](C)C(=O)[C@H](C)[C@@H]2N(CCCN3C=NC4C3C(=O)N(C)C(=O)N4C)C(=O)O[C@@]21C. The zero-order valence-electron chi connectivity index (χ0n) is 36.9. The first-order valence-corrected chi connectivity index (χ1v) is 20.9. The Morgan fingerprint density at radius 1 is 0.983 bits per heavy atom. The first kappa shape index (κ1) is 46.4. The maximum atomic E-state index is 14.8. The first-order valence-electron chi connectivity index (χ1n) is 20.9. The summed E-state index contributed by atoms with van der Waals surface area (Å²) in [6.07, 6.45) is -3.29. The van der Waals surface area contributed by atoms with Crippen LogP contribution in [0.1, 0.15) is 81.1 Å². The van der Waals surface area contributed by atoms with E-state index in [1.165, 1.54) is 30.9 Å². The van der Waals surface area contributed by atoms with Crippen molar-refractivity contribution in [1.82, 2.24) is 24.5 Å². The molecule has 0 radical (unpaired) electrons. The van der Waals surface area contributed by atoms with Gasteiger partial charge in [0.1, 0.15) is 23.9 Å². The summed E-state index contributed by atoms with van der Waals surface area (Å²) < 4.78 is 31.1. The van der Waals surface area contributed by atoms with Crippen LogP contribution in [0.2, 0.25) is 0 Å². The van der Waals surface area contributed by atoms with E-state index in [0.29, 0.717) is 19.4 Å². The lowest BCUT2D eigenvalue weighted by molar-refractivity contribution is -0.295. The number of amides is 4. The van der Waals surface area contributed by atoms with E-state index < -0.39 is 102 Å². The summed E-state index contributed by atoms with van der Waals surface area (Å²) in [6, 6.07) is -2.38. The number of imide groups is 1. The second-order valence-electron chi connectivity index (χ2n) is 17.9. The standard InChI is InChI=1S/C41H66N6O12/c1-14-27-41(8)32(47(39(54)59-41)17-15-16-46-20-42-34-28(46)35(51)45(12)38(53)44(34)11)23(4)29(48)21(2)19-40(7,55-13)33(24(5)30(49)25(6)36(52)57-27)58-37-31(50)26(43(9)10)18-22(3)56-37/h20-28,31-34,37,50H,14-19H2,1-13H3/t21-,22-,23+,24+,25-,26+,27-,28?,31-,32+,33-,34?,37+,40-,41-/m1/s1. The molecule has 5 heterocycles. The van der Waals surface area contributed by atoms with Crippen LogP contribution in [0.4, 0.5) is 9.59 Å². The summed E-state index contributed by atoms with van der Waals surface area (Å²) >= 11 is 0. The number of ether oxygens (including phenoxy) is 5. The number of hydrogen-bond donors (Lipinski definition) is 1. The summed E-state index contributed by atoms with van der Waals surface area (Å²) in [7, 11) is 8.19. The number of nitrogens with zero attached hydrogens (tertiary/aromatic N) is 6. The van der Waals surface area contributed by atoms with Crippen molar-refractivity contribution in [3.05, 3.63) is 0 Å². The Labute approximate surface area is 347 Å². The number of esters is 1. The molecular formula is C41H66N6O12. The first-order chi connectivity index (χ1) is 27.5. The molecule has 1 N–H and O–H groups in total. The van der Waals surface area contributed by atoms with Crippen molar-refractivity contribution in [2.24, 2.45) is 28.7 Å². The Bertz CT molecular complexity index is 1660. The second-order valence-corrected chi connectivity index (χ2v) is 17.9. The molecule has 0 aromatic carbocycles. The molecule has 18 nitrogen and oxygen atoms in total. The van der Waals surface area contributed by atoms with E-state index in [-0.39, 0.29) is 43.2 Å². The van der Waals surface area contributed by atoms with Crippen LogP contribution in [0.5, 0.6) is 0 Å². The number of aliphatic hydroxyl groups is 1. The molecule has 5 rings (SSSR count). The lowest BCUT2D eigenvalue weighted by Gasteiger charge is -2.47. The number of likely N-dealkylation sites (N-methyl/N-ethyl adjacent to an activating group) is 3. The van der Waals surface area contributed by atoms with Crippen molar-refractivity contribution in [2.45, 2.75) is 147 Å². The fraction of sp³-hybridized carbons (Fsp3) is 0.829. The van der Waals surface area contributed by atoms with Crippen LogP contribution in [0.25, 0.3) is 0 Å². The van der Waals surface area contributed by atoms with Gasteiger partial charge in [-0.1, -0.05) is 27.7 Å². The summed E-state index contributed by atoms with van der Waals surface area (Å²) in [4.78, 5) is 94.7. The monoisotopic (exact) mass is 834 g/mol. The number of carbonyl (C=O) groups is 6. The number of Topliss-reactive ketones (excluding diaryl/α,β-unsaturated/α-hetero) is 2. The molecule has 2 unspecified atom stereocenters. The lowest BCUT2D eigenvalue weighted by Crippen LogP contribution is -2.63. The van der Waals surface area contributed by atoms with Crippen LogP contribution in [0, 0.1) is 23.7 Å². The van der Waals surface area contributed by atoms with Crippen molar-refractivity contribution in [3.8, 4) is 0 Å². The number of carbonyl (C=O) groups excluding carboxylic acids is 6. The van der Waals surface area contributed by atoms with Gasteiger partial charge in [0, 0.05) is 58.1 Å². The summed E-state index contributed by atoms with van der Waals surface area (Å²) in [5, 5.41) is 11.4. The van der Waals surface area contributed by atoms with E-state index in [1.54, 1.807) is 59.8 Å². The average Bonchev–Trinajstić information content (AvgIpc) is 3.73. The van der Waals surface area contributed by atoms with Crippen molar-refractivity contribution in [1.29, 1.82) is 0 Å². The molecule has 0 bridgehead atoms. The predicted molar refractivity (Wildman–Crippen MR) is 213 cm³/mol. The summed E-state index contributed by atoms with van der Waals surface area (Å²) in [5.74, 6) is -5.73. The number of hydrogen-bond acceptors (Lipinski definition) is 15. The van der Waals surface area contributed by atoms with Crippen LogP contribution < -0.4 is 0 Å². The third-order valence-corrected chi connectivity index (χ3v) is 13.6. The van der Waals surface area contributed by atoms with Crippen molar-refractivity contribution < 1.29 is 57.6 Å². The van der Waals surface area contributed by atoms with E-state index in [1.807, 2.05) is 25.9 Å². The van der Waals surface area contributed by atoms with Crippen LogP contribution >= 0.6 is 0 Å². The van der Waals surface area contributed by atoms with Gasteiger partial charge in [0.15, 0.2) is 29.9 Å². The molecule has 15 atom stereocenters. The smallest absolute Gasteiger partial charge is 0.410 e. The number of rotatable bonds is 9. The normalized spacial score (nSPS) is 41.3. The quantitative estimate of drug-likeness (QED) is 0.262. The van der Waals surface area contributed by atoms with Crippen molar-refractivity contribution in [3.63, 3.8) is 0 Å². The van der Waals surface area contributed by atoms with Gasteiger partial charge in [0.05, 0.1) is 30.2 Å². The Morgan fingerprint density at radius 3 is 2.25 bits per heavy atom. The fourth-order valence-corrected chi connectivity index (χ4v) is 10.0. The van der Waals surface area contributed by atoms with Gasteiger partial charge in [-0.3, -0.25) is 24.1 Å². The minimum atomic E-state index is -1.50. The van der Waals surface area contributed by atoms with Gasteiger partial charge < -0.3 is 48.4 Å². The average molecular weight is 835 g/mol. The minimum Gasteiger partial charge on any atom is -0.458 e. The molecule has 0 aromatic heterocycles. The molecular weight excluding hydrogens is 768 g/mol. The van der Waals surface area contributed by atoms with Crippen molar-refractivity contribution >= 4 is 41.9 Å². The molecule has 0 aliphatic carbocycles. The van der Waals surface area contributed by atoms with Crippen LogP contribution in [-0.4, -0.2) is 186 Å². The minimum absolute atomic E-state index is 0.0784. The molecule has 5 aliphatic rings. The molecule has 332 valence electrons. The summed E-state index contributed by atoms with van der Waals surface area (Å²) in [5.41, 5.74) is -2.81. The van der Waals surface area contributed by atoms with Gasteiger partial charge in [-0.2, -0.15) is 0 Å². The van der Waals surface area contributed by atoms with Gasteiger partial charge in [-0.25, -0.2) is 14.6 Å². The van der Waals surface area contributed by atoms with E-state index in [0.717, 1.165) is 4.90 Å². The maximum absolute atomic E-state index is 14.8. The lowest BCUT2D eigenvalue weighted by atomic mass is 9.73. The third-order valence-electron chi connectivity index (χ3n) is 13.6. The zero-order chi connectivity index (χ0) is 44.0. The Hall–Kier alpha value is -3.71. The Morgan fingerprint density at radius 2 is 1.64 bits per heavy atom. The predicted octanol–water partition coefficient (Wildman–Crippen LogP) is 2.14. The molecule has 5 aliphatic heterocycles. The highest BCUT2D eigenvalue weighted by Crippen LogP contribution is 2.43. The van der Waals surface area contributed by atoms with Crippen molar-refractivity contribution in [2.75, 3.05) is 48.4 Å². The molecule has 4 fully saturated rings. The third kappa shape index (κ3) is 8.48. The number of methoxy groups -OCH3 is 1. The second kappa shape index (κ2) is 17.7. The highest BCUT2D eigenvalue weighted by atomic mass is 16.7. The van der Waals surface area contributed by atoms with E-state index in [2.05, 4.69) is 4.99 Å². The molecule has 59 heavy (non-hydrogen) atoms. The van der Waals surface area contributed by atoms with Crippen LogP contribution in [-0.2, 0) is 42.9 Å². The van der Waals surface area contributed by atoms with Gasteiger partial charge in [-0.15, -0.1) is 0 Å². The molecule has 0 aromatic rings. The van der Waals surface area contributed by atoms with Gasteiger partial charge >= 0.3 is 18.1 Å². The maximum Gasteiger partial charge on any atom is 0.410 e. The van der Waals surface area contributed by atoms with E-state index in [4.69, 9.17) is 23.7 Å². The number of cyclic esters (lactones) is 1. The van der Waals surface area contributed by atoms with Crippen LogP contribution in [0.15, 0.2) is 4.99 Å². The zero-order valence-corrected chi connectivity index (χ0v) is 36.9. The largest absolute Gasteiger partial charge is 0.458 e. The Balaban J connectivity index is 1.46. The number of aliphatic hydroxyl groups excluding tert-OH is 1. The van der Waals surface area contributed by atoms with Gasteiger partial charge in [0.2, 0.25) is 0 Å². The molecule has 18 heteroatoms. The van der Waals surface area contributed by atoms with E-state index in [9.17, 15) is 33.9 Å². The fourth-order valence-electron chi connectivity index (χ4n) is 10.0. The highest BCUT2D eigenvalue weighted by Gasteiger charge is 2.60.